The molecule has 0 aromatic heterocycles. The summed E-state index contributed by atoms with van der Waals surface area (Å²) in [6, 6.07) is 0. The van der Waals surface area contributed by atoms with Gasteiger partial charge in [-0.05, 0) is 5.92 Å². The Bertz CT molecular complexity index is 149. The van der Waals surface area contributed by atoms with Crippen molar-refractivity contribution >= 4 is 0 Å². The second-order valence-electron chi connectivity index (χ2n) is 4.77. The third-order valence-electron chi connectivity index (χ3n) is 3.17. The van der Waals surface area contributed by atoms with Crippen LogP contribution in [0.4, 0.5) is 0 Å². The van der Waals surface area contributed by atoms with Gasteiger partial charge in [0.15, 0.2) is 0 Å². The van der Waals surface area contributed by atoms with E-state index in [1.54, 1.807) is 0 Å². The highest BCUT2D eigenvalue weighted by Gasteiger charge is 2.30. The van der Waals surface area contributed by atoms with Crippen LogP contribution < -0.4 is 0 Å². The molecule has 0 amide bonds. The van der Waals surface area contributed by atoms with Crippen molar-refractivity contribution in [2.75, 3.05) is 58.9 Å². The van der Waals surface area contributed by atoms with E-state index in [1.807, 2.05) is 0 Å². The molecule has 3 nitrogen and oxygen atoms in total. The van der Waals surface area contributed by atoms with Gasteiger partial charge in [-0.2, -0.15) is 0 Å². The zero-order chi connectivity index (χ0) is 8.67. The van der Waals surface area contributed by atoms with Gasteiger partial charge in [0.05, 0.1) is 0 Å². The van der Waals surface area contributed by atoms with Gasteiger partial charge in [-0.15, -0.1) is 0 Å². The van der Waals surface area contributed by atoms with Crippen LogP contribution in [0.1, 0.15) is 0 Å². The molecule has 0 radical (unpaired) electrons. The standard InChI is InChI=1S/C10H19N3/c1-2-11(1)7-10(8-12-3-4-12)9-13-5-6-13/h10H,1-9H2. The SMILES string of the molecule is C1CN1CC(CN1CC1)CN1CC1. The number of rotatable bonds is 6. The summed E-state index contributed by atoms with van der Waals surface area (Å²) in [5, 5.41) is 0. The molecule has 3 saturated heterocycles. The van der Waals surface area contributed by atoms with Crippen molar-refractivity contribution in [1.82, 2.24) is 14.7 Å². The molecule has 0 saturated carbocycles. The minimum Gasteiger partial charge on any atom is -0.300 e. The van der Waals surface area contributed by atoms with Crippen LogP contribution in [-0.4, -0.2) is 73.6 Å². The number of hydrogen-bond acceptors (Lipinski definition) is 3. The molecule has 3 aliphatic heterocycles. The summed E-state index contributed by atoms with van der Waals surface area (Å²) in [5.41, 5.74) is 0. The molecule has 0 atom stereocenters. The summed E-state index contributed by atoms with van der Waals surface area (Å²) in [6.07, 6.45) is 0. The molecular formula is C10H19N3. The van der Waals surface area contributed by atoms with Crippen molar-refractivity contribution in [1.29, 1.82) is 0 Å². The Morgan fingerprint density at radius 1 is 0.615 bits per heavy atom. The van der Waals surface area contributed by atoms with E-state index in [2.05, 4.69) is 14.7 Å². The average Bonchev–Trinajstić information content (AvgIpc) is 2.94. The minimum absolute atomic E-state index is 0.924. The fourth-order valence-electron chi connectivity index (χ4n) is 2.03. The molecule has 0 unspecified atom stereocenters. The van der Waals surface area contributed by atoms with Crippen molar-refractivity contribution in [2.24, 2.45) is 5.92 Å². The van der Waals surface area contributed by atoms with Crippen LogP contribution in [0, 0.1) is 5.92 Å². The quantitative estimate of drug-likeness (QED) is 0.514. The van der Waals surface area contributed by atoms with Gasteiger partial charge in [0, 0.05) is 58.9 Å². The van der Waals surface area contributed by atoms with Gasteiger partial charge < -0.3 is 14.7 Å². The molecular weight excluding hydrogens is 162 g/mol. The molecule has 3 heteroatoms. The van der Waals surface area contributed by atoms with E-state index in [4.69, 9.17) is 0 Å². The third-order valence-corrected chi connectivity index (χ3v) is 3.17. The maximum absolute atomic E-state index is 2.57. The Morgan fingerprint density at radius 3 is 1.15 bits per heavy atom. The molecule has 0 aromatic rings. The molecule has 0 bridgehead atoms. The van der Waals surface area contributed by atoms with Gasteiger partial charge in [0.2, 0.25) is 0 Å². The molecule has 74 valence electrons. The first-order valence-corrected chi connectivity index (χ1v) is 5.57. The van der Waals surface area contributed by atoms with E-state index in [0.717, 1.165) is 5.92 Å². The summed E-state index contributed by atoms with van der Waals surface area (Å²) in [6.45, 7) is 12.2. The Kier molecular flexibility index (Phi) is 2.04. The molecule has 0 aliphatic carbocycles. The monoisotopic (exact) mass is 181 g/mol. The highest BCUT2D eigenvalue weighted by molar-refractivity contribution is 4.86. The smallest absolute Gasteiger partial charge is 0.0110 e. The maximum atomic E-state index is 2.57. The van der Waals surface area contributed by atoms with Crippen molar-refractivity contribution in [3.63, 3.8) is 0 Å². The lowest BCUT2D eigenvalue weighted by atomic mass is 10.1. The lowest BCUT2D eigenvalue weighted by molar-refractivity contribution is 0.303. The molecule has 0 N–H and O–H groups in total. The Labute approximate surface area is 80.3 Å². The van der Waals surface area contributed by atoms with Crippen LogP contribution in [0.5, 0.6) is 0 Å². The molecule has 3 aliphatic rings. The average molecular weight is 181 g/mol. The number of nitrogens with zero attached hydrogens (tertiary/aromatic N) is 3. The lowest BCUT2D eigenvalue weighted by Gasteiger charge is -2.18. The highest BCUT2D eigenvalue weighted by Crippen LogP contribution is 2.17. The van der Waals surface area contributed by atoms with E-state index in [9.17, 15) is 0 Å². The summed E-state index contributed by atoms with van der Waals surface area (Å²) in [7, 11) is 0. The van der Waals surface area contributed by atoms with Crippen molar-refractivity contribution in [3.05, 3.63) is 0 Å². The number of hydrogen-bond donors (Lipinski definition) is 0. The zero-order valence-corrected chi connectivity index (χ0v) is 8.28. The second kappa shape index (κ2) is 3.23. The van der Waals surface area contributed by atoms with Crippen molar-refractivity contribution in [3.8, 4) is 0 Å². The van der Waals surface area contributed by atoms with Gasteiger partial charge in [-0.25, -0.2) is 0 Å². The molecule has 13 heavy (non-hydrogen) atoms. The Hall–Kier alpha value is -0.120. The van der Waals surface area contributed by atoms with Crippen molar-refractivity contribution < 1.29 is 0 Å². The molecule has 0 spiro atoms. The predicted molar refractivity (Wildman–Crippen MR) is 52.8 cm³/mol. The first-order chi connectivity index (χ1) is 6.40. The maximum Gasteiger partial charge on any atom is 0.0110 e. The predicted octanol–water partition coefficient (Wildman–Crippen LogP) is -0.451. The van der Waals surface area contributed by atoms with Gasteiger partial charge >= 0.3 is 0 Å². The van der Waals surface area contributed by atoms with E-state index >= 15 is 0 Å². The van der Waals surface area contributed by atoms with E-state index in [0.29, 0.717) is 0 Å². The topological polar surface area (TPSA) is 9.03 Å². The second-order valence-corrected chi connectivity index (χ2v) is 4.77. The molecule has 3 rings (SSSR count). The van der Waals surface area contributed by atoms with Crippen molar-refractivity contribution in [2.45, 2.75) is 0 Å². The lowest BCUT2D eigenvalue weighted by Crippen LogP contribution is -2.28. The zero-order valence-electron chi connectivity index (χ0n) is 8.28. The molecule has 3 fully saturated rings. The third kappa shape index (κ3) is 2.66. The Balaban J connectivity index is 1.45. The summed E-state index contributed by atoms with van der Waals surface area (Å²) >= 11 is 0. The Morgan fingerprint density at radius 2 is 0.923 bits per heavy atom. The minimum atomic E-state index is 0.924. The van der Waals surface area contributed by atoms with Crippen LogP contribution in [0.15, 0.2) is 0 Å². The van der Waals surface area contributed by atoms with Gasteiger partial charge in [0.1, 0.15) is 0 Å². The summed E-state index contributed by atoms with van der Waals surface area (Å²) in [5.74, 6) is 0.924. The van der Waals surface area contributed by atoms with Gasteiger partial charge in [-0.3, -0.25) is 0 Å². The fraction of sp³-hybridized carbons (Fsp3) is 1.00. The molecule has 0 aromatic carbocycles. The van der Waals surface area contributed by atoms with Crippen LogP contribution in [0.3, 0.4) is 0 Å². The largest absolute Gasteiger partial charge is 0.300 e. The fourth-order valence-corrected chi connectivity index (χ4v) is 2.03. The van der Waals surface area contributed by atoms with Crippen LogP contribution in [0.25, 0.3) is 0 Å². The summed E-state index contributed by atoms with van der Waals surface area (Å²) < 4.78 is 0. The van der Waals surface area contributed by atoms with E-state index < -0.39 is 0 Å². The summed E-state index contributed by atoms with van der Waals surface area (Å²) in [4.78, 5) is 7.70. The van der Waals surface area contributed by atoms with Crippen LogP contribution in [0.2, 0.25) is 0 Å². The first-order valence-electron chi connectivity index (χ1n) is 5.57. The van der Waals surface area contributed by atoms with Gasteiger partial charge in [-0.1, -0.05) is 0 Å². The van der Waals surface area contributed by atoms with E-state index in [1.165, 1.54) is 58.9 Å². The van der Waals surface area contributed by atoms with Crippen LogP contribution in [-0.2, 0) is 0 Å². The van der Waals surface area contributed by atoms with E-state index in [-0.39, 0.29) is 0 Å². The van der Waals surface area contributed by atoms with Crippen LogP contribution >= 0.6 is 0 Å². The highest BCUT2D eigenvalue weighted by atomic mass is 15.3. The van der Waals surface area contributed by atoms with Gasteiger partial charge in [0.25, 0.3) is 0 Å². The normalized spacial score (nSPS) is 28.4. The molecule has 3 heterocycles. The first kappa shape index (κ1) is 8.21.